The minimum atomic E-state index is -3.47. The Kier molecular flexibility index (Phi) is 5.96. The van der Waals surface area contributed by atoms with Gasteiger partial charge in [0, 0.05) is 19.6 Å². The summed E-state index contributed by atoms with van der Waals surface area (Å²) < 4.78 is 32.7. The molecule has 0 aromatic heterocycles. The number of rotatable bonds is 6. The van der Waals surface area contributed by atoms with Crippen LogP contribution in [-0.2, 0) is 19.7 Å². The Morgan fingerprint density at radius 1 is 1.42 bits per heavy atom. The summed E-state index contributed by atoms with van der Waals surface area (Å²) in [5, 5.41) is 0. The first kappa shape index (κ1) is 16.1. The second kappa shape index (κ2) is 7.02. The lowest BCUT2D eigenvalue weighted by Gasteiger charge is -2.30. The normalized spacial score (nSPS) is 18.2. The molecule has 110 valence electrons. The summed E-state index contributed by atoms with van der Waals surface area (Å²) in [6.45, 7) is 8.45. The van der Waals surface area contributed by atoms with Gasteiger partial charge in [-0.05, 0) is 26.7 Å². The maximum atomic E-state index is 11.9. The number of nitrogens with one attached hydrogen (secondary N) is 1. The molecule has 1 aliphatic rings. The molecule has 0 atom stereocenters. The minimum Gasteiger partial charge on any atom is -0.466 e. The zero-order chi connectivity index (χ0) is 14.5. The summed E-state index contributed by atoms with van der Waals surface area (Å²) in [5.74, 6) is -0.415. The standard InChI is InChI=1S/C12H22N2O4S/c1-4-18-12(15)11-5-7-14(8-6-11)19(16,17)13-9-10(2)3/h11,13H,2,4-9H2,1,3H3. The van der Waals surface area contributed by atoms with Crippen LogP contribution in [0.3, 0.4) is 0 Å². The Labute approximate surface area is 115 Å². The molecule has 1 rings (SSSR count). The fourth-order valence-corrected chi connectivity index (χ4v) is 3.20. The molecular formula is C12H22N2O4S. The number of hydrogen-bond acceptors (Lipinski definition) is 4. The first-order chi connectivity index (χ1) is 8.86. The lowest BCUT2D eigenvalue weighted by atomic mass is 9.98. The van der Waals surface area contributed by atoms with Crippen LogP contribution < -0.4 is 4.72 Å². The molecule has 0 spiro atoms. The third kappa shape index (κ3) is 4.93. The summed E-state index contributed by atoms with van der Waals surface area (Å²) in [6, 6.07) is 0. The lowest BCUT2D eigenvalue weighted by Crippen LogP contribution is -2.46. The number of carbonyl (C=O) groups is 1. The van der Waals surface area contributed by atoms with Crippen LogP contribution in [0.15, 0.2) is 12.2 Å². The maximum Gasteiger partial charge on any atom is 0.309 e. The number of nitrogens with zero attached hydrogens (tertiary/aromatic N) is 1. The number of piperidine rings is 1. The van der Waals surface area contributed by atoms with Gasteiger partial charge in [0.25, 0.3) is 10.2 Å². The van der Waals surface area contributed by atoms with Crippen LogP contribution in [0.1, 0.15) is 26.7 Å². The fourth-order valence-electron chi connectivity index (χ4n) is 1.90. The molecule has 1 heterocycles. The van der Waals surface area contributed by atoms with Gasteiger partial charge in [-0.2, -0.15) is 17.4 Å². The third-order valence-electron chi connectivity index (χ3n) is 2.97. The van der Waals surface area contributed by atoms with Gasteiger partial charge >= 0.3 is 5.97 Å². The summed E-state index contributed by atoms with van der Waals surface area (Å²) in [7, 11) is -3.47. The smallest absolute Gasteiger partial charge is 0.309 e. The quantitative estimate of drug-likeness (QED) is 0.576. The summed E-state index contributed by atoms with van der Waals surface area (Å²) in [6.07, 6.45) is 1.01. The van der Waals surface area contributed by atoms with Crippen molar-refractivity contribution in [1.82, 2.24) is 9.03 Å². The van der Waals surface area contributed by atoms with Crippen LogP contribution in [0, 0.1) is 5.92 Å². The molecule has 0 saturated carbocycles. The zero-order valence-corrected chi connectivity index (χ0v) is 12.3. The van der Waals surface area contributed by atoms with Gasteiger partial charge in [-0.3, -0.25) is 4.79 Å². The van der Waals surface area contributed by atoms with E-state index in [9.17, 15) is 13.2 Å². The van der Waals surface area contributed by atoms with E-state index in [-0.39, 0.29) is 18.4 Å². The molecule has 1 saturated heterocycles. The lowest BCUT2D eigenvalue weighted by molar-refractivity contribution is -0.149. The molecule has 0 unspecified atom stereocenters. The van der Waals surface area contributed by atoms with E-state index in [2.05, 4.69) is 11.3 Å². The average Bonchev–Trinajstić information content (AvgIpc) is 2.37. The molecule has 19 heavy (non-hydrogen) atoms. The summed E-state index contributed by atoms with van der Waals surface area (Å²) >= 11 is 0. The molecule has 0 aromatic carbocycles. The SMILES string of the molecule is C=C(C)CNS(=O)(=O)N1CCC(C(=O)OCC)CC1. The highest BCUT2D eigenvalue weighted by Crippen LogP contribution is 2.20. The van der Waals surface area contributed by atoms with Gasteiger partial charge < -0.3 is 4.74 Å². The van der Waals surface area contributed by atoms with Crippen LogP contribution in [0.25, 0.3) is 0 Å². The Balaban J connectivity index is 2.49. The summed E-state index contributed by atoms with van der Waals surface area (Å²) in [4.78, 5) is 11.6. The van der Waals surface area contributed by atoms with Crippen LogP contribution >= 0.6 is 0 Å². The molecule has 0 bridgehead atoms. The number of carbonyl (C=O) groups excluding carboxylic acids is 1. The van der Waals surface area contributed by atoms with E-state index < -0.39 is 10.2 Å². The predicted molar refractivity (Wildman–Crippen MR) is 72.7 cm³/mol. The highest BCUT2D eigenvalue weighted by atomic mass is 32.2. The van der Waals surface area contributed by atoms with E-state index in [1.165, 1.54) is 4.31 Å². The number of esters is 1. The van der Waals surface area contributed by atoms with E-state index in [1.807, 2.05) is 0 Å². The first-order valence-corrected chi connectivity index (χ1v) is 7.86. The molecular weight excluding hydrogens is 268 g/mol. The van der Waals surface area contributed by atoms with Gasteiger partial charge in [-0.15, -0.1) is 0 Å². The highest BCUT2D eigenvalue weighted by Gasteiger charge is 2.31. The molecule has 0 radical (unpaired) electrons. The number of ether oxygens (including phenoxy) is 1. The molecule has 0 amide bonds. The van der Waals surface area contributed by atoms with Gasteiger partial charge in [0.2, 0.25) is 0 Å². The van der Waals surface area contributed by atoms with Crippen molar-refractivity contribution in [2.75, 3.05) is 26.2 Å². The van der Waals surface area contributed by atoms with E-state index >= 15 is 0 Å². The van der Waals surface area contributed by atoms with Crippen LogP contribution in [0.5, 0.6) is 0 Å². The Morgan fingerprint density at radius 3 is 2.47 bits per heavy atom. The molecule has 0 aromatic rings. The Morgan fingerprint density at radius 2 is 2.00 bits per heavy atom. The van der Waals surface area contributed by atoms with Gasteiger partial charge in [-0.1, -0.05) is 12.2 Å². The van der Waals surface area contributed by atoms with Gasteiger partial charge in [-0.25, -0.2) is 0 Å². The van der Waals surface area contributed by atoms with E-state index in [0.717, 1.165) is 5.57 Å². The van der Waals surface area contributed by atoms with Gasteiger partial charge in [0.05, 0.1) is 12.5 Å². The Hall–Kier alpha value is -0.920. The van der Waals surface area contributed by atoms with Crippen molar-refractivity contribution in [2.24, 2.45) is 5.92 Å². The van der Waals surface area contributed by atoms with E-state index in [4.69, 9.17) is 4.74 Å². The van der Waals surface area contributed by atoms with Crippen LogP contribution in [0.2, 0.25) is 0 Å². The summed E-state index contributed by atoms with van der Waals surface area (Å²) in [5.41, 5.74) is 0.755. The van der Waals surface area contributed by atoms with Crippen molar-refractivity contribution in [3.05, 3.63) is 12.2 Å². The van der Waals surface area contributed by atoms with Gasteiger partial charge in [0.1, 0.15) is 0 Å². The minimum absolute atomic E-state index is 0.187. The largest absolute Gasteiger partial charge is 0.466 e. The monoisotopic (exact) mass is 290 g/mol. The molecule has 0 aliphatic carbocycles. The van der Waals surface area contributed by atoms with Crippen molar-refractivity contribution >= 4 is 16.2 Å². The maximum absolute atomic E-state index is 11.9. The molecule has 1 N–H and O–H groups in total. The predicted octanol–water partition coefficient (Wildman–Crippen LogP) is 0.672. The molecule has 1 fully saturated rings. The third-order valence-corrected chi connectivity index (χ3v) is 4.52. The number of hydrogen-bond donors (Lipinski definition) is 1. The van der Waals surface area contributed by atoms with Crippen molar-refractivity contribution < 1.29 is 17.9 Å². The van der Waals surface area contributed by atoms with E-state index in [1.54, 1.807) is 13.8 Å². The fraction of sp³-hybridized carbons (Fsp3) is 0.750. The van der Waals surface area contributed by atoms with Crippen LogP contribution in [-0.4, -0.2) is 44.9 Å². The van der Waals surface area contributed by atoms with Crippen molar-refractivity contribution in [3.8, 4) is 0 Å². The second-order valence-corrected chi connectivity index (χ2v) is 6.46. The molecule has 1 aliphatic heterocycles. The molecule has 7 heteroatoms. The first-order valence-electron chi connectivity index (χ1n) is 6.42. The van der Waals surface area contributed by atoms with Gasteiger partial charge in [0.15, 0.2) is 0 Å². The van der Waals surface area contributed by atoms with Crippen molar-refractivity contribution in [1.29, 1.82) is 0 Å². The second-order valence-electron chi connectivity index (χ2n) is 4.71. The molecule has 6 nitrogen and oxygen atoms in total. The zero-order valence-electron chi connectivity index (χ0n) is 11.5. The highest BCUT2D eigenvalue weighted by molar-refractivity contribution is 7.87. The van der Waals surface area contributed by atoms with Crippen molar-refractivity contribution in [3.63, 3.8) is 0 Å². The average molecular weight is 290 g/mol. The van der Waals surface area contributed by atoms with E-state index in [0.29, 0.717) is 32.5 Å². The van der Waals surface area contributed by atoms with Crippen LogP contribution in [0.4, 0.5) is 0 Å². The topological polar surface area (TPSA) is 75.7 Å². The van der Waals surface area contributed by atoms with Crippen molar-refractivity contribution in [2.45, 2.75) is 26.7 Å². The Bertz CT molecular complexity index is 425.